The van der Waals surface area contributed by atoms with Gasteiger partial charge in [-0.25, -0.2) is 4.79 Å². The molecule has 5 nitrogen and oxygen atoms in total. The van der Waals surface area contributed by atoms with Crippen molar-refractivity contribution in [3.8, 4) is 0 Å². The zero-order chi connectivity index (χ0) is 17.1. The van der Waals surface area contributed by atoms with Crippen molar-refractivity contribution < 1.29 is 14.3 Å². The number of esters is 1. The van der Waals surface area contributed by atoms with Crippen molar-refractivity contribution in [2.24, 2.45) is 10.9 Å². The standard InChI is InChI=1S/C18H21ClN2O3/c1-3-14-15(18(22)23-2)16(12-8-9-24-10-12)21-17(20-14)11-4-6-13(19)7-5-11/h4-7,12,16H,3,8-10H2,1-2H3,(H,20,21). The third-order valence-electron chi connectivity index (χ3n) is 4.45. The van der Waals surface area contributed by atoms with Crippen LogP contribution in [0.25, 0.3) is 0 Å². The number of carbonyl (C=O) groups excluding carboxylic acids is 1. The number of rotatable bonds is 4. The van der Waals surface area contributed by atoms with Gasteiger partial charge in [0.2, 0.25) is 0 Å². The van der Waals surface area contributed by atoms with Crippen molar-refractivity contribution in [2.75, 3.05) is 20.3 Å². The number of benzene rings is 1. The van der Waals surface area contributed by atoms with Gasteiger partial charge in [0.15, 0.2) is 0 Å². The van der Waals surface area contributed by atoms with Crippen molar-refractivity contribution in [3.63, 3.8) is 0 Å². The van der Waals surface area contributed by atoms with Gasteiger partial charge in [0.25, 0.3) is 0 Å². The first-order valence-electron chi connectivity index (χ1n) is 8.14. The average Bonchev–Trinajstić information content (AvgIpc) is 3.15. The molecule has 0 spiro atoms. The molecule has 2 unspecified atom stereocenters. The Labute approximate surface area is 146 Å². The lowest BCUT2D eigenvalue weighted by atomic mass is 9.89. The topological polar surface area (TPSA) is 59.9 Å². The molecule has 0 radical (unpaired) electrons. The van der Waals surface area contributed by atoms with Gasteiger partial charge in [-0.05, 0) is 37.1 Å². The van der Waals surface area contributed by atoms with Gasteiger partial charge in [-0.2, -0.15) is 0 Å². The Morgan fingerprint density at radius 3 is 2.75 bits per heavy atom. The van der Waals surface area contributed by atoms with E-state index in [1.54, 1.807) is 0 Å². The second-order valence-electron chi connectivity index (χ2n) is 5.92. The molecule has 0 saturated carbocycles. The lowest BCUT2D eigenvalue weighted by Crippen LogP contribution is -2.39. The minimum Gasteiger partial charge on any atom is -0.466 e. The average molecular weight is 349 g/mol. The van der Waals surface area contributed by atoms with E-state index in [1.165, 1.54) is 7.11 Å². The number of halogens is 1. The van der Waals surface area contributed by atoms with Gasteiger partial charge in [-0.15, -0.1) is 0 Å². The maximum atomic E-state index is 12.3. The number of hydrogen-bond acceptors (Lipinski definition) is 5. The number of methoxy groups -OCH3 is 1. The number of allylic oxidation sites excluding steroid dienone is 1. The summed E-state index contributed by atoms with van der Waals surface area (Å²) < 4.78 is 10.5. The molecule has 1 saturated heterocycles. The molecule has 0 bridgehead atoms. The van der Waals surface area contributed by atoms with Crippen LogP contribution in [0.5, 0.6) is 0 Å². The Morgan fingerprint density at radius 1 is 1.42 bits per heavy atom. The smallest absolute Gasteiger partial charge is 0.337 e. The zero-order valence-electron chi connectivity index (χ0n) is 13.8. The number of nitrogens with one attached hydrogen (secondary N) is 1. The largest absolute Gasteiger partial charge is 0.466 e. The molecular formula is C18H21ClN2O3. The van der Waals surface area contributed by atoms with Crippen molar-refractivity contribution in [3.05, 3.63) is 46.1 Å². The quantitative estimate of drug-likeness (QED) is 0.850. The molecule has 6 heteroatoms. The van der Waals surface area contributed by atoms with Crippen LogP contribution in [0.2, 0.25) is 5.02 Å². The molecular weight excluding hydrogens is 328 g/mol. The number of amidine groups is 1. The second-order valence-corrected chi connectivity index (χ2v) is 6.35. The maximum absolute atomic E-state index is 12.3. The molecule has 0 aromatic heterocycles. The minimum absolute atomic E-state index is 0.185. The van der Waals surface area contributed by atoms with Gasteiger partial charge in [0.1, 0.15) is 5.84 Å². The molecule has 2 aliphatic rings. The molecule has 3 rings (SSSR count). The van der Waals surface area contributed by atoms with E-state index in [4.69, 9.17) is 26.1 Å². The van der Waals surface area contributed by atoms with E-state index < -0.39 is 0 Å². The van der Waals surface area contributed by atoms with Crippen LogP contribution in [-0.4, -0.2) is 38.2 Å². The van der Waals surface area contributed by atoms with Crippen molar-refractivity contribution >= 4 is 23.4 Å². The number of nitrogens with zero attached hydrogens (tertiary/aromatic N) is 1. The first kappa shape index (κ1) is 17.0. The number of aliphatic imine (C=N–C) groups is 1. The summed E-state index contributed by atoms with van der Waals surface area (Å²) in [5, 5.41) is 3.98. The van der Waals surface area contributed by atoms with Crippen LogP contribution < -0.4 is 5.32 Å². The third kappa shape index (κ3) is 3.32. The van der Waals surface area contributed by atoms with Gasteiger partial charge in [0, 0.05) is 28.8 Å². The van der Waals surface area contributed by atoms with Gasteiger partial charge in [-0.1, -0.05) is 18.5 Å². The Balaban J connectivity index is 2.01. The van der Waals surface area contributed by atoms with Crippen LogP contribution in [0.15, 0.2) is 40.5 Å². The van der Waals surface area contributed by atoms with E-state index >= 15 is 0 Å². The van der Waals surface area contributed by atoms with Crippen LogP contribution in [0.4, 0.5) is 0 Å². The fourth-order valence-corrected chi connectivity index (χ4v) is 3.28. The summed E-state index contributed by atoms with van der Waals surface area (Å²) in [4.78, 5) is 17.2. The number of hydrogen-bond donors (Lipinski definition) is 1. The molecule has 2 aliphatic heterocycles. The summed E-state index contributed by atoms with van der Waals surface area (Å²) in [5.41, 5.74) is 2.42. The van der Waals surface area contributed by atoms with E-state index in [2.05, 4.69) is 5.32 Å². The predicted octanol–water partition coefficient (Wildman–Crippen LogP) is 2.93. The van der Waals surface area contributed by atoms with Crippen LogP contribution in [0, 0.1) is 5.92 Å². The molecule has 1 fully saturated rings. The summed E-state index contributed by atoms with van der Waals surface area (Å²) >= 11 is 5.98. The highest BCUT2D eigenvalue weighted by Gasteiger charge is 2.37. The van der Waals surface area contributed by atoms with Crippen molar-refractivity contribution in [1.82, 2.24) is 5.32 Å². The Kier molecular flexibility index (Phi) is 5.21. The lowest BCUT2D eigenvalue weighted by molar-refractivity contribution is -0.136. The second kappa shape index (κ2) is 7.36. The van der Waals surface area contributed by atoms with Gasteiger partial charge >= 0.3 is 5.97 Å². The van der Waals surface area contributed by atoms with Crippen LogP contribution in [0.1, 0.15) is 25.3 Å². The van der Waals surface area contributed by atoms with Crippen LogP contribution >= 0.6 is 11.6 Å². The third-order valence-corrected chi connectivity index (χ3v) is 4.70. The highest BCUT2D eigenvalue weighted by Crippen LogP contribution is 2.31. The summed E-state index contributed by atoms with van der Waals surface area (Å²) in [6.07, 6.45) is 1.58. The molecule has 0 aliphatic carbocycles. The number of ether oxygens (including phenoxy) is 2. The van der Waals surface area contributed by atoms with Crippen molar-refractivity contribution in [1.29, 1.82) is 0 Å². The predicted molar refractivity (Wildman–Crippen MR) is 93.2 cm³/mol. The highest BCUT2D eigenvalue weighted by atomic mass is 35.5. The molecule has 1 N–H and O–H groups in total. The van der Waals surface area contributed by atoms with E-state index in [-0.39, 0.29) is 17.9 Å². The Hall–Kier alpha value is -1.85. The first-order valence-corrected chi connectivity index (χ1v) is 8.51. The molecule has 24 heavy (non-hydrogen) atoms. The fraction of sp³-hybridized carbons (Fsp3) is 0.444. The molecule has 0 amide bonds. The summed E-state index contributed by atoms with van der Waals surface area (Å²) in [6, 6.07) is 7.27. The molecule has 2 heterocycles. The van der Waals surface area contributed by atoms with Gasteiger partial charge in [-0.3, -0.25) is 4.99 Å². The maximum Gasteiger partial charge on any atom is 0.337 e. The van der Waals surface area contributed by atoms with E-state index in [0.717, 1.165) is 23.5 Å². The SMILES string of the molecule is CCC1=C(C(=O)OC)C(C2CCOC2)N=C(c2ccc(Cl)cc2)N1. The molecule has 1 aromatic carbocycles. The van der Waals surface area contributed by atoms with Crippen LogP contribution in [0.3, 0.4) is 0 Å². The highest BCUT2D eigenvalue weighted by molar-refractivity contribution is 6.30. The first-order chi connectivity index (χ1) is 11.6. The Morgan fingerprint density at radius 2 is 2.17 bits per heavy atom. The zero-order valence-corrected chi connectivity index (χ0v) is 14.6. The molecule has 2 atom stereocenters. The molecule has 128 valence electrons. The van der Waals surface area contributed by atoms with Crippen LogP contribution in [-0.2, 0) is 14.3 Å². The lowest BCUT2D eigenvalue weighted by Gasteiger charge is -2.29. The van der Waals surface area contributed by atoms with Gasteiger partial charge < -0.3 is 14.8 Å². The Bertz CT molecular complexity index is 676. The monoisotopic (exact) mass is 348 g/mol. The van der Waals surface area contributed by atoms with E-state index in [1.807, 2.05) is 31.2 Å². The summed E-state index contributed by atoms with van der Waals surface area (Å²) in [7, 11) is 1.41. The number of carbonyl (C=O) groups is 1. The summed E-state index contributed by atoms with van der Waals surface area (Å²) in [5.74, 6) is 0.619. The molecule has 1 aromatic rings. The van der Waals surface area contributed by atoms with E-state index in [0.29, 0.717) is 30.2 Å². The summed E-state index contributed by atoms with van der Waals surface area (Å²) in [6.45, 7) is 3.33. The fourth-order valence-electron chi connectivity index (χ4n) is 3.15. The van der Waals surface area contributed by atoms with E-state index in [9.17, 15) is 4.79 Å². The van der Waals surface area contributed by atoms with Gasteiger partial charge in [0.05, 0.1) is 25.3 Å². The minimum atomic E-state index is -0.324. The van der Waals surface area contributed by atoms with Crippen molar-refractivity contribution in [2.45, 2.75) is 25.8 Å². The normalized spacial score (nSPS) is 23.7.